The van der Waals surface area contributed by atoms with Gasteiger partial charge in [0.15, 0.2) is 5.78 Å². The summed E-state index contributed by atoms with van der Waals surface area (Å²) in [4.78, 5) is 11.8. The largest absolute Gasteiger partial charge is 0.321 e. The molecule has 2 aliphatic carbocycles. The molecule has 2 fully saturated rings. The van der Waals surface area contributed by atoms with E-state index in [0.717, 1.165) is 24.2 Å². The average molecular weight is 253 g/mol. The minimum atomic E-state index is -0.206. The number of Topliss-reactive ketones (excluding diaryl/α,β-unsaturated/α-hetero) is 1. The van der Waals surface area contributed by atoms with Crippen molar-refractivity contribution in [1.82, 2.24) is 0 Å². The average Bonchev–Trinajstić information content (AvgIpc) is 2.70. The maximum atomic E-state index is 11.8. The van der Waals surface area contributed by atoms with Crippen LogP contribution < -0.4 is 5.73 Å². The van der Waals surface area contributed by atoms with Gasteiger partial charge in [0.25, 0.3) is 0 Å². The van der Waals surface area contributed by atoms with E-state index < -0.39 is 0 Å². The first-order chi connectivity index (χ1) is 8.56. The molecule has 0 aromatic rings. The van der Waals surface area contributed by atoms with Gasteiger partial charge in [-0.2, -0.15) is 0 Å². The molecule has 2 heteroatoms. The van der Waals surface area contributed by atoms with Gasteiger partial charge in [-0.05, 0) is 43.4 Å². The van der Waals surface area contributed by atoms with Crippen LogP contribution in [0.4, 0.5) is 0 Å². The molecule has 2 saturated carbocycles. The summed E-state index contributed by atoms with van der Waals surface area (Å²) in [6, 6.07) is -0.206. The lowest BCUT2D eigenvalue weighted by atomic mass is 9.77. The molecule has 2 nitrogen and oxygen atoms in total. The first-order valence-electron chi connectivity index (χ1n) is 7.85. The summed E-state index contributed by atoms with van der Waals surface area (Å²) in [6.45, 7) is 7.90. The molecule has 2 aliphatic rings. The maximum absolute atomic E-state index is 11.8. The van der Waals surface area contributed by atoms with Gasteiger partial charge in [-0.1, -0.05) is 40.5 Å². The third kappa shape index (κ3) is 4.08. The molecule has 0 aliphatic heterocycles. The highest BCUT2D eigenvalue weighted by Gasteiger charge is 2.35. The lowest BCUT2D eigenvalue weighted by Gasteiger charge is -2.29. The van der Waals surface area contributed by atoms with Crippen molar-refractivity contribution < 1.29 is 4.79 Å². The molecule has 0 aromatic carbocycles. The summed E-state index contributed by atoms with van der Waals surface area (Å²) < 4.78 is 0. The Balaban J connectivity index is 0.000000771. The Morgan fingerprint density at radius 1 is 1.11 bits per heavy atom. The Kier molecular flexibility index (Phi) is 6.34. The fourth-order valence-corrected chi connectivity index (χ4v) is 3.74. The second kappa shape index (κ2) is 7.28. The predicted octanol–water partition coefficient (Wildman–Crippen LogP) is 3.78. The zero-order valence-electron chi connectivity index (χ0n) is 12.6. The van der Waals surface area contributed by atoms with Gasteiger partial charge in [-0.25, -0.2) is 0 Å². The Hall–Kier alpha value is -0.370. The number of ketones is 1. The Morgan fingerprint density at radius 2 is 1.61 bits per heavy atom. The van der Waals surface area contributed by atoms with Gasteiger partial charge in [0.05, 0.1) is 6.04 Å². The quantitative estimate of drug-likeness (QED) is 0.828. The van der Waals surface area contributed by atoms with Gasteiger partial charge in [0.2, 0.25) is 0 Å². The summed E-state index contributed by atoms with van der Waals surface area (Å²) in [5.41, 5.74) is 6.01. The SMILES string of the molecule is CC.CC(C)C(=O)C(N)CC1CC2CCC(C2)C1. The first-order valence-corrected chi connectivity index (χ1v) is 7.85. The van der Waals surface area contributed by atoms with Crippen LogP contribution in [0, 0.1) is 23.7 Å². The molecule has 0 heterocycles. The number of rotatable bonds is 4. The van der Waals surface area contributed by atoms with Crippen molar-refractivity contribution in [3.05, 3.63) is 0 Å². The second-order valence-electron chi connectivity index (χ2n) is 6.28. The maximum Gasteiger partial charge on any atom is 0.152 e. The van der Waals surface area contributed by atoms with Gasteiger partial charge < -0.3 is 5.73 Å². The summed E-state index contributed by atoms with van der Waals surface area (Å²) in [7, 11) is 0. The lowest BCUT2D eigenvalue weighted by Crippen LogP contribution is -2.36. The molecule has 0 saturated heterocycles. The molecule has 0 aromatic heterocycles. The van der Waals surface area contributed by atoms with Crippen LogP contribution >= 0.6 is 0 Å². The number of hydrogen-bond donors (Lipinski definition) is 1. The Bertz CT molecular complexity index is 250. The Morgan fingerprint density at radius 3 is 2.06 bits per heavy atom. The van der Waals surface area contributed by atoms with Crippen LogP contribution in [0.15, 0.2) is 0 Å². The highest BCUT2D eigenvalue weighted by atomic mass is 16.1. The number of carbonyl (C=O) groups is 1. The van der Waals surface area contributed by atoms with Gasteiger partial charge in [-0.3, -0.25) is 4.79 Å². The van der Waals surface area contributed by atoms with Crippen molar-refractivity contribution in [1.29, 1.82) is 0 Å². The topological polar surface area (TPSA) is 43.1 Å². The first kappa shape index (κ1) is 15.7. The van der Waals surface area contributed by atoms with E-state index in [9.17, 15) is 4.79 Å². The molecule has 0 radical (unpaired) electrons. The number of hydrogen-bond acceptors (Lipinski definition) is 2. The van der Waals surface area contributed by atoms with Crippen LogP contribution in [-0.2, 0) is 4.79 Å². The standard InChI is InChI=1S/C14H25NO.C2H6/c1-9(2)14(16)13(15)8-12-6-10-3-4-11(5-10)7-12;1-2/h9-13H,3-8,15H2,1-2H3;1-2H3. The molecular formula is C16H31NO. The van der Waals surface area contributed by atoms with Crippen molar-refractivity contribution in [3.8, 4) is 0 Å². The normalized spacial score (nSPS) is 31.8. The molecule has 0 spiro atoms. The molecule has 2 rings (SSSR count). The second-order valence-corrected chi connectivity index (χ2v) is 6.28. The van der Waals surface area contributed by atoms with E-state index in [1.165, 1.54) is 32.1 Å². The van der Waals surface area contributed by atoms with Crippen LogP contribution in [0.1, 0.15) is 66.2 Å². The molecule has 3 unspecified atom stereocenters. The molecular weight excluding hydrogens is 222 g/mol. The summed E-state index contributed by atoms with van der Waals surface area (Å²) in [5.74, 6) is 2.97. The van der Waals surface area contributed by atoms with Crippen molar-refractivity contribution in [3.63, 3.8) is 0 Å². The highest BCUT2D eigenvalue weighted by molar-refractivity contribution is 5.85. The van der Waals surface area contributed by atoms with Crippen LogP contribution in [0.25, 0.3) is 0 Å². The van der Waals surface area contributed by atoms with Gasteiger partial charge in [0, 0.05) is 5.92 Å². The van der Waals surface area contributed by atoms with E-state index >= 15 is 0 Å². The molecule has 2 N–H and O–H groups in total. The van der Waals surface area contributed by atoms with Crippen LogP contribution in [-0.4, -0.2) is 11.8 Å². The monoisotopic (exact) mass is 253 g/mol. The minimum Gasteiger partial charge on any atom is -0.321 e. The Labute approximate surface area is 113 Å². The molecule has 0 amide bonds. The summed E-state index contributed by atoms with van der Waals surface area (Å²) in [5, 5.41) is 0. The van der Waals surface area contributed by atoms with Gasteiger partial charge in [-0.15, -0.1) is 0 Å². The minimum absolute atomic E-state index is 0.0929. The van der Waals surface area contributed by atoms with Gasteiger partial charge in [0.1, 0.15) is 0 Å². The van der Waals surface area contributed by atoms with Crippen molar-refractivity contribution in [2.45, 2.75) is 72.3 Å². The smallest absolute Gasteiger partial charge is 0.152 e. The van der Waals surface area contributed by atoms with Crippen molar-refractivity contribution in [2.24, 2.45) is 29.4 Å². The van der Waals surface area contributed by atoms with Crippen molar-refractivity contribution in [2.75, 3.05) is 0 Å². The van der Waals surface area contributed by atoms with E-state index in [2.05, 4.69) is 0 Å². The number of carbonyl (C=O) groups excluding carboxylic acids is 1. The molecule has 2 bridgehead atoms. The van der Waals surface area contributed by atoms with Crippen LogP contribution in [0.3, 0.4) is 0 Å². The number of fused-ring (bicyclic) bond motifs is 2. The molecule has 106 valence electrons. The third-order valence-corrected chi connectivity index (χ3v) is 4.50. The molecule has 18 heavy (non-hydrogen) atoms. The predicted molar refractivity (Wildman–Crippen MR) is 77.3 cm³/mol. The number of nitrogens with two attached hydrogens (primary N) is 1. The fraction of sp³-hybridized carbons (Fsp3) is 0.938. The van der Waals surface area contributed by atoms with E-state index in [0.29, 0.717) is 0 Å². The van der Waals surface area contributed by atoms with Crippen LogP contribution in [0.5, 0.6) is 0 Å². The van der Waals surface area contributed by atoms with E-state index in [-0.39, 0.29) is 17.7 Å². The summed E-state index contributed by atoms with van der Waals surface area (Å²) in [6.07, 6.45) is 7.89. The molecule has 3 atom stereocenters. The zero-order valence-corrected chi connectivity index (χ0v) is 12.6. The third-order valence-electron chi connectivity index (χ3n) is 4.50. The zero-order chi connectivity index (χ0) is 13.7. The fourth-order valence-electron chi connectivity index (χ4n) is 3.74. The lowest BCUT2D eigenvalue weighted by molar-refractivity contribution is -0.123. The van der Waals surface area contributed by atoms with E-state index in [4.69, 9.17) is 5.73 Å². The highest BCUT2D eigenvalue weighted by Crippen LogP contribution is 2.45. The summed E-state index contributed by atoms with van der Waals surface area (Å²) >= 11 is 0. The van der Waals surface area contributed by atoms with Crippen LogP contribution in [0.2, 0.25) is 0 Å². The van der Waals surface area contributed by atoms with Crippen molar-refractivity contribution >= 4 is 5.78 Å². The van der Waals surface area contributed by atoms with E-state index in [1.54, 1.807) is 0 Å². The van der Waals surface area contributed by atoms with Gasteiger partial charge >= 0.3 is 0 Å². The van der Waals surface area contributed by atoms with E-state index in [1.807, 2.05) is 27.7 Å².